The van der Waals surface area contributed by atoms with Crippen LogP contribution in [0, 0.1) is 11.6 Å². The van der Waals surface area contributed by atoms with Crippen LogP contribution in [-0.4, -0.2) is 48.7 Å². The number of fused-ring (bicyclic) bond motifs is 1. The highest BCUT2D eigenvalue weighted by molar-refractivity contribution is 6.01. The van der Waals surface area contributed by atoms with E-state index in [4.69, 9.17) is 14.0 Å². The quantitative estimate of drug-likeness (QED) is 0.457. The van der Waals surface area contributed by atoms with Crippen LogP contribution in [0.25, 0.3) is 0 Å². The first-order valence-electron chi connectivity index (χ1n) is 12.1. The largest absolute Gasteiger partial charge is 0.497 e. The van der Waals surface area contributed by atoms with Crippen LogP contribution in [0.1, 0.15) is 54.1 Å². The van der Waals surface area contributed by atoms with Crippen LogP contribution in [0.5, 0.6) is 5.75 Å². The number of carbonyl (C=O) groups excluding carboxylic acids is 2. The molecule has 0 bridgehead atoms. The summed E-state index contributed by atoms with van der Waals surface area (Å²) >= 11 is 0. The van der Waals surface area contributed by atoms with Gasteiger partial charge in [0, 0.05) is 29.8 Å². The van der Waals surface area contributed by atoms with Gasteiger partial charge in [0.05, 0.1) is 19.8 Å². The average molecular weight is 530 g/mol. The van der Waals surface area contributed by atoms with Gasteiger partial charge in [0.1, 0.15) is 23.4 Å². The summed E-state index contributed by atoms with van der Waals surface area (Å²) in [6.07, 6.45) is 0.406. The third-order valence-corrected chi connectivity index (χ3v) is 6.48. The topological polar surface area (TPSA) is 114 Å². The van der Waals surface area contributed by atoms with Crippen molar-refractivity contribution in [2.75, 3.05) is 32.2 Å². The minimum Gasteiger partial charge on any atom is -0.497 e. The Morgan fingerprint density at radius 3 is 2.50 bits per heavy atom. The first kappa shape index (κ1) is 27.1. The molecular formula is C27H29F2N3O6. The number of amides is 2. The van der Waals surface area contributed by atoms with Crippen molar-refractivity contribution in [3.05, 3.63) is 80.8 Å². The summed E-state index contributed by atoms with van der Waals surface area (Å²) < 4.78 is 45.8. The molecule has 0 saturated carbocycles. The van der Waals surface area contributed by atoms with Crippen molar-refractivity contribution in [1.82, 2.24) is 10.1 Å². The van der Waals surface area contributed by atoms with Crippen LogP contribution in [0.2, 0.25) is 0 Å². The number of anilines is 1. The number of H-pyrrole nitrogens is 1. The molecule has 0 aliphatic carbocycles. The zero-order valence-corrected chi connectivity index (χ0v) is 21.5. The van der Waals surface area contributed by atoms with Gasteiger partial charge in [0.15, 0.2) is 0 Å². The van der Waals surface area contributed by atoms with Gasteiger partial charge in [0.25, 0.3) is 17.4 Å². The van der Waals surface area contributed by atoms with E-state index < -0.39 is 40.5 Å². The smallest absolute Gasteiger partial charge is 0.293 e. The van der Waals surface area contributed by atoms with E-state index in [1.807, 2.05) is 0 Å². The summed E-state index contributed by atoms with van der Waals surface area (Å²) in [7, 11) is 1.51. The summed E-state index contributed by atoms with van der Waals surface area (Å²) in [6, 6.07) is 6.98. The maximum Gasteiger partial charge on any atom is 0.293 e. The Labute approximate surface area is 217 Å². The normalized spacial score (nSPS) is 15.2. The number of benzene rings is 2. The number of aromatic nitrogens is 1. The third-order valence-electron chi connectivity index (χ3n) is 6.48. The second-order valence-corrected chi connectivity index (χ2v) is 9.62. The lowest BCUT2D eigenvalue weighted by Gasteiger charge is -2.36. The number of halogens is 2. The van der Waals surface area contributed by atoms with E-state index in [0.29, 0.717) is 24.3 Å². The predicted octanol–water partition coefficient (Wildman–Crippen LogP) is 3.95. The SMILES string of the molecule is CCOCC(C)(C)c1c(F)cc(NC(=O)C2c3ccc(OC)cc3CCN2C(=O)c2cc(=O)[nH]o2)cc1F. The summed E-state index contributed by atoms with van der Waals surface area (Å²) in [4.78, 5) is 39.6. The predicted molar refractivity (Wildman–Crippen MR) is 134 cm³/mol. The van der Waals surface area contributed by atoms with Crippen molar-refractivity contribution >= 4 is 17.5 Å². The fraction of sp³-hybridized carbons (Fsp3) is 0.370. The number of rotatable bonds is 8. The maximum absolute atomic E-state index is 15.1. The Hall–Kier alpha value is -3.99. The molecule has 2 amide bonds. The number of hydrogen-bond acceptors (Lipinski definition) is 6. The van der Waals surface area contributed by atoms with E-state index in [9.17, 15) is 14.4 Å². The summed E-state index contributed by atoms with van der Waals surface area (Å²) in [5.41, 5.74) is -0.529. The monoisotopic (exact) mass is 529 g/mol. The van der Waals surface area contributed by atoms with Gasteiger partial charge in [-0.2, -0.15) is 5.16 Å². The lowest BCUT2D eigenvalue weighted by molar-refractivity contribution is -0.121. The molecule has 0 saturated heterocycles. The Bertz CT molecular complexity index is 1390. The molecule has 1 aliphatic rings. The van der Waals surface area contributed by atoms with Gasteiger partial charge in [-0.15, -0.1) is 0 Å². The van der Waals surface area contributed by atoms with Gasteiger partial charge >= 0.3 is 0 Å². The van der Waals surface area contributed by atoms with Crippen LogP contribution >= 0.6 is 0 Å². The molecule has 1 atom stereocenters. The number of ether oxygens (including phenoxy) is 2. The van der Waals surface area contributed by atoms with Gasteiger partial charge in [0.2, 0.25) is 5.76 Å². The van der Waals surface area contributed by atoms with Crippen molar-refractivity contribution in [1.29, 1.82) is 0 Å². The lowest BCUT2D eigenvalue weighted by atomic mass is 9.84. The zero-order chi connectivity index (χ0) is 27.6. The van der Waals surface area contributed by atoms with E-state index in [0.717, 1.165) is 23.8 Å². The number of aromatic amines is 1. The van der Waals surface area contributed by atoms with Crippen LogP contribution < -0.4 is 15.6 Å². The third kappa shape index (κ3) is 5.33. The van der Waals surface area contributed by atoms with Gasteiger partial charge in [-0.3, -0.25) is 14.4 Å². The van der Waals surface area contributed by atoms with Crippen molar-refractivity contribution in [2.24, 2.45) is 0 Å². The summed E-state index contributed by atoms with van der Waals surface area (Å²) in [5.74, 6) is -2.73. The van der Waals surface area contributed by atoms with Crippen LogP contribution in [0.4, 0.5) is 14.5 Å². The van der Waals surface area contributed by atoms with Gasteiger partial charge in [-0.05, 0) is 48.7 Å². The van der Waals surface area contributed by atoms with Crippen molar-refractivity contribution < 1.29 is 32.4 Å². The Morgan fingerprint density at radius 2 is 1.89 bits per heavy atom. The fourth-order valence-corrected chi connectivity index (χ4v) is 4.69. The molecule has 0 spiro atoms. The molecule has 0 radical (unpaired) electrons. The zero-order valence-electron chi connectivity index (χ0n) is 21.5. The van der Waals surface area contributed by atoms with E-state index in [1.54, 1.807) is 39.0 Å². The van der Waals surface area contributed by atoms with E-state index in [1.165, 1.54) is 12.0 Å². The number of nitrogens with one attached hydrogen (secondary N) is 2. The molecule has 2 heterocycles. The number of nitrogens with zero attached hydrogens (tertiary/aromatic N) is 1. The lowest BCUT2D eigenvalue weighted by Crippen LogP contribution is -2.45. The van der Waals surface area contributed by atoms with Crippen molar-refractivity contribution in [3.8, 4) is 5.75 Å². The molecule has 38 heavy (non-hydrogen) atoms. The standard InChI is InChI=1S/C27H29F2N3O6/c1-5-37-14-27(2,3)23-19(28)11-16(12-20(23)29)30-25(34)24-18-7-6-17(36-4)10-15(18)8-9-32(24)26(35)21-13-22(33)31-38-21/h6-7,10-13,24H,5,8-9,14H2,1-4H3,(H,30,34)(H,31,33). The van der Waals surface area contributed by atoms with E-state index in [2.05, 4.69) is 10.5 Å². The first-order valence-corrected chi connectivity index (χ1v) is 12.1. The Balaban J connectivity index is 1.68. The molecule has 1 unspecified atom stereocenters. The van der Waals surface area contributed by atoms with E-state index in [-0.39, 0.29) is 30.2 Å². The molecule has 1 aromatic heterocycles. The molecule has 3 aromatic rings. The second kappa shape index (κ2) is 10.8. The highest BCUT2D eigenvalue weighted by atomic mass is 19.1. The summed E-state index contributed by atoms with van der Waals surface area (Å²) in [5, 5.41) is 4.61. The van der Waals surface area contributed by atoms with Crippen molar-refractivity contribution in [3.63, 3.8) is 0 Å². The number of methoxy groups -OCH3 is 1. The molecule has 11 heteroatoms. The molecule has 9 nitrogen and oxygen atoms in total. The maximum atomic E-state index is 15.1. The second-order valence-electron chi connectivity index (χ2n) is 9.62. The highest BCUT2D eigenvalue weighted by Gasteiger charge is 2.38. The Morgan fingerprint density at radius 1 is 1.18 bits per heavy atom. The Kier molecular flexibility index (Phi) is 7.68. The minimum absolute atomic E-state index is 0.109. The molecule has 2 aromatic carbocycles. The first-order chi connectivity index (χ1) is 18.1. The highest BCUT2D eigenvalue weighted by Crippen LogP contribution is 2.35. The number of hydrogen-bond donors (Lipinski definition) is 2. The van der Waals surface area contributed by atoms with Crippen LogP contribution in [0.15, 0.2) is 45.7 Å². The number of carbonyl (C=O) groups is 2. The van der Waals surface area contributed by atoms with Gasteiger partial charge in [-0.25, -0.2) is 8.78 Å². The molecule has 2 N–H and O–H groups in total. The molecule has 0 fully saturated rings. The molecule has 202 valence electrons. The van der Waals surface area contributed by atoms with Crippen LogP contribution in [0.3, 0.4) is 0 Å². The van der Waals surface area contributed by atoms with Gasteiger partial charge in [-0.1, -0.05) is 19.9 Å². The summed E-state index contributed by atoms with van der Waals surface area (Å²) in [6.45, 7) is 5.75. The van der Waals surface area contributed by atoms with Crippen molar-refractivity contribution in [2.45, 2.75) is 38.6 Å². The molecule has 4 rings (SSSR count). The fourth-order valence-electron chi connectivity index (χ4n) is 4.69. The molecule has 1 aliphatic heterocycles. The van der Waals surface area contributed by atoms with Gasteiger partial charge < -0.3 is 24.2 Å². The van der Waals surface area contributed by atoms with E-state index >= 15 is 8.78 Å². The molecular weight excluding hydrogens is 500 g/mol. The minimum atomic E-state index is -1.17. The average Bonchev–Trinajstić information content (AvgIpc) is 3.31. The van der Waals surface area contributed by atoms with Crippen LogP contribution in [-0.2, 0) is 21.4 Å².